The maximum absolute atomic E-state index is 13.2. The maximum Gasteiger partial charge on any atom is 0.276 e. The molecule has 2 aliphatic rings. The molecule has 9 heteroatoms. The molecular weight excluding hydrogens is 356 g/mol. The van der Waals surface area contributed by atoms with Crippen LogP contribution in [0.4, 0.5) is 11.5 Å². The first-order valence-electron chi connectivity index (χ1n) is 8.38. The minimum atomic E-state index is -1.03. The molecule has 3 heterocycles. The van der Waals surface area contributed by atoms with Crippen molar-refractivity contribution in [2.45, 2.75) is 37.6 Å². The van der Waals surface area contributed by atoms with Gasteiger partial charge in [-0.1, -0.05) is 11.6 Å². The Kier molecular flexibility index (Phi) is 4.15. The molecule has 4 rings (SSSR count). The van der Waals surface area contributed by atoms with Crippen LogP contribution < -0.4 is 16.2 Å². The zero-order valence-corrected chi connectivity index (χ0v) is 14.6. The van der Waals surface area contributed by atoms with Crippen molar-refractivity contribution >= 4 is 23.1 Å². The number of aliphatic hydroxyl groups excluding tert-OH is 1. The van der Waals surface area contributed by atoms with Crippen LogP contribution in [-0.4, -0.2) is 19.6 Å². The number of nitriles is 1. The molecule has 2 aromatic heterocycles. The van der Waals surface area contributed by atoms with E-state index in [4.69, 9.17) is 16.9 Å². The molecule has 1 aliphatic carbocycles. The van der Waals surface area contributed by atoms with Gasteiger partial charge in [-0.05, 0) is 37.8 Å². The highest BCUT2D eigenvalue weighted by Gasteiger charge is 2.47. The molecule has 8 nitrogen and oxygen atoms in total. The number of nitrogens with zero attached hydrogens (tertiary/aromatic N) is 4. The van der Waals surface area contributed by atoms with Crippen LogP contribution in [0, 0.1) is 17.2 Å². The third kappa shape index (κ3) is 2.65. The summed E-state index contributed by atoms with van der Waals surface area (Å²) in [6.07, 6.45) is 4.38. The first-order chi connectivity index (χ1) is 12.5. The summed E-state index contributed by atoms with van der Waals surface area (Å²) in [6.45, 7) is 0. The van der Waals surface area contributed by atoms with Gasteiger partial charge in [0, 0.05) is 12.1 Å². The minimum absolute atomic E-state index is 0.0304. The van der Waals surface area contributed by atoms with Crippen molar-refractivity contribution in [1.82, 2.24) is 19.9 Å². The van der Waals surface area contributed by atoms with Crippen molar-refractivity contribution in [2.75, 3.05) is 5.32 Å². The number of nitrogens with one attached hydrogen (secondary N) is 2. The predicted octanol–water partition coefficient (Wildman–Crippen LogP) is 2.00. The number of halogens is 1. The number of rotatable bonds is 2. The van der Waals surface area contributed by atoms with E-state index in [0.29, 0.717) is 42.2 Å². The second-order valence-corrected chi connectivity index (χ2v) is 7.04. The Morgan fingerprint density at radius 2 is 2.23 bits per heavy atom. The van der Waals surface area contributed by atoms with Gasteiger partial charge in [-0.15, -0.1) is 0 Å². The van der Waals surface area contributed by atoms with Gasteiger partial charge in [-0.25, -0.2) is 9.97 Å². The Hall–Kier alpha value is -2.47. The maximum atomic E-state index is 13.2. The van der Waals surface area contributed by atoms with Gasteiger partial charge in [0.05, 0.1) is 16.8 Å². The van der Waals surface area contributed by atoms with E-state index < -0.39 is 11.9 Å². The molecule has 1 unspecified atom stereocenters. The van der Waals surface area contributed by atoms with Gasteiger partial charge in [0.15, 0.2) is 0 Å². The zero-order chi connectivity index (χ0) is 18.3. The van der Waals surface area contributed by atoms with Crippen LogP contribution in [0.25, 0.3) is 0 Å². The average molecular weight is 373 g/mol. The van der Waals surface area contributed by atoms with Gasteiger partial charge in [-0.2, -0.15) is 5.26 Å². The number of pyridine rings is 1. The Morgan fingerprint density at radius 3 is 2.88 bits per heavy atom. The second-order valence-electron chi connectivity index (χ2n) is 6.63. The number of anilines is 2. The van der Waals surface area contributed by atoms with Gasteiger partial charge in [0.1, 0.15) is 29.7 Å². The third-order valence-electron chi connectivity index (χ3n) is 5.12. The molecule has 0 radical (unpaired) electrons. The van der Waals surface area contributed by atoms with Gasteiger partial charge in [-0.3, -0.25) is 14.7 Å². The van der Waals surface area contributed by atoms with Crippen LogP contribution >= 0.6 is 11.6 Å². The number of aliphatic hydroxyl groups is 1. The van der Waals surface area contributed by atoms with Crippen molar-refractivity contribution in [3.05, 3.63) is 45.7 Å². The van der Waals surface area contributed by atoms with Crippen LogP contribution in [0.3, 0.4) is 0 Å². The molecule has 3 N–H and O–H groups in total. The lowest BCUT2D eigenvalue weighted by Gasteiger charge is -2.37. The van der Waals surface area contributed by atoms with Crippen molar-refractivity contribution in [2.24, 2.45) is 5.92 Å². The Bertz CT molecular complexity index is 931. The summed E-state index contributed by atoms with van der Waals surface area (Å²) in [6, 6.07) is 5.43. The van der Waals surface area contributed by atoms with Crippen molar-refractivity contribution < 1.29 is 5.11 Å². The fourth-order valence-corrected chi connectivity index (χ4v) is 4.15. The SMILES string of the molecule is N#CC1CCC2(CC1)NC(O)c1c(Cl)cc(Nc3ccncn3)c(=O)n12. The lowest BCUT2D eigenvalue weighted by molar-refractivity contribution is 0.0721. The molecule has 134 valence electrons. The Morgan fingerprint density at radius 1 is 1.46 bits per heavy atom. The Labute approximate surface area is 154 Å². The molecule has 0 aromatic carbocycles. The fourth-order valence-electron chi connectivity index (χ4n) is 3.85. The molecule has 0 amide bonds. The van der Waals surface area contributed by atoms with E-state index in [-0.39, 0.29) is 17.2 Å². The number of aromatic nitrogens is 3. The van der Waals surface area contributed by atoms with Gasteiger partial charge >= 0.3 is 0 Å². The lowest BCUT2D eigenvalue weighted by atomic mass is 9.82. The highest BCUT2D eigenvalue weighted by Crippen LogP contribution is 2.43. The molecule has 1 spiro atoms. The summed E-state index contributed by atoms with van der Waals surface area (Å²) >= 11 is 6.38. The summed E-state index contributed by atoms with van der Waals surface area (Å²) in [5, 5.41) is 26.0. The molecule has 1 aliphatic heterocycles. The zero-order valence-electron chi connectivity index (χ0n) is 13.8. The largest absolute Gasteiger partial charge is 0.373 e. The summed E-state index contributed by atoms with van der Waals surface area (Å²) in [4.78, 5) is 21.1. The lowest BCUT2D eigenvalue weighted by Crippen LogP contribution is -2.49. The molecule has 2 aromatic rings. The van der Waals surface area contributed by atoms with Crippen LogP contribution in [-0.2, 0) is 5.66 Å². The van der Waals surface area contributed by atoms with Crippen molar-refractivity contribution in [3.8, 4) is 6.07 Å². The van der Waals surface area contributed by atoms with Crippen LogP contribution in [0.2, 0.25) is 5.02 Å². The first-order valence-corrected chi connectivity index (χ1v) is 8.76. The quantitative estimate of drug-likeness (QED) is 0.738. The number of hydrogen-bond donors (Lipinski definition) is 3. The summed E-state index contributed by atoms with van der Waals surface area (Å²) in [5.74, 6) is 0.444. The molecule has 1 atom stereocenters. The predicted molar refractivity (Wildman–Crippen MR) is 94.7 cm³/mol. The summed E-state index contributed by atoms with van der Waals surface area (Å²) < 4.78 is 1.55. The first kappa shape index (κ1) is 17.0. The topological polar surface area (TPSA) is 116 Å². The minimum Gasteiger partial charge on any atom is -0.373 e. The second kappa shape index (κ2) is 6.36. The van der Waals surface area contributed by atoms with E-state index in [2.05, 4.69) is 26.7 Å². The van der Waals surface area contributed by atoms with Crippen molar-refractivity contribution in [3.63, 3.8) is 0 Å². The van der Waals surface area contributed by atoms with Gasteiger partial charge < -0.3 is 10.4 Å². The van der Waals surface area contributed by atoms with Crippen LogP contribution in [0.5, 0.6) is 0 Å². The van der Waals surface area contributed by atoms with E-state index >= 15 is 0 Å². The normalized spacial score (nSPS) is 27.1. The third-order valence-corrected chi connectivity index (χ3v) is 5.43. The average Bonchev–Trinajstić information content (AvgIpc) is 2.93. The number of hydrogen-bond acceptors (Lipinski definition) is 7. The molecular formula is C17H17ClN6O2. The van der Waals surface area contributed by atoms with E-state index in [1.54, 1.807) is 16.8 Å². The highest BCUT2D eigenvalue weighted by molar-refractivity contribution is 6.31. The van der Waals surface area contributed by atoms with Gasteiger partial charge in [0.2, 0.25) is 0 Å². The van der Waals surface area contributed by atoms with E-state index in [1.165, 1.54) is 12.4 Å². The monoisotopic (exact) mass is 372 g/mol. The summed E-state index contributed by atoms with van der Waals surface area (Å²) in [5.41, 5.74) is -0.385. The van der Waals surface area contributed by atoms with Crippen molar-refractivity contribution in [1.29, 1.82) is 5.26 Å². The molecule has 1 saturated carbocycles. The Balaban J connectivity index is 1.79. The van der Waals surface area contributed by atoms with Crippen LogP contribution in [0.15, 0.2) is 29.5 Å². The van der Waals surface area contributed by atoms with E-state index in [0.717, 1.165) is 0 Å². The molecule has 26 heavy (non-hydrogen) atoms. The smallest absolute Gasteiger partial charge is 0.276 e. The van der Waals surface area contributed by atoms with Gasteiger partial charge in [0.25, 0.3) is 5.56 Å². The highest BCUT2D eigenvalue weighted by atomic mass is 35.5. The molecule has 1 fully saturated rings. The van der Waals surface area contributed by atoms with E-state index in [1.807, 2.05) is 0 Å². The number of fused-ring (bicyclic) bond motifs is 2. The van der Waals surface area contributed by atoms with E-state index in [9.17, 15) is 9.90 Å². The summed E-state index contributed by atoms with van der Waals surface area (Å²) in [7, 11) is 0. The molecule has 0 saturated heterocycles. The van der Waals surface area contributed by atoms with Crippen LogP contribution in [0.1, 0.15) is 37.6 Å². The standard InChI is InChI=1S/C17H17ClN6O2/c18-11-7-12(22-13-3-6-20-9-21-13)16(26)24-14(11)15(25)23-17(24)4-1-10(8-19)2-5-17/h3,6-7,9-10,15,23,25H,1-2,4-5H2,(H,20,21,22). The fraction of sp³-hybridized carbons (Fsp3) is 0.412. The molecule has 0 bridgehead atoms.